The first kappa shape index (κ1) is 5.24. The van der Waals surface area contributed by atoms with Gasteiger partial charge in [-0.05, 0) is 0 Å². The predicted molar refractivity (Wildman–Crippen MR) is 27.1 cm³/mol. The Labute approximate surface area is 46.8 Å². The summed E-state index contributed by atoms with van der Waals surface area (Å²) in [5.41, 5.74) is 0. The van der Waals surface area contributed by atoms with Crippen LogP contribution in [-0.2, 0) is 6.54 Å². The highest BCUT2D eigenvalue weighted by molar-refractivity contribution is 4.59. The van der Waals surface area contributed by atoms with Crippen molar-refractivity contribution in [3.63, 3.8) is 0 Å². The topological polar surface area (TPSA) is 50.9 Å². The maximum absolute atomic E-state index is 8.34. The van der Waals surface area contributed by atoms with E-state index in [2.05, 4.69) is 10.2 Å². The molecule has 0 saturated carbocycles. The van der Waals surface area contributed by atoms with Gasteiger partial charge in [0, 0.05) is 0 Å². The molecule has 44 valence electrons. The molecule has 1 aromatic heterocycles. The van der Waals surface area contributed by atoms with Crippen LogP contribution in [0.25, 0.3) is 0 Å². The van der Waals surface area contributed by atoms with E-state index in [1.165, 1.54) is 4.80 Å². The molecule has 0 unspecified atom stereocenters. The molecule has 1 heterocycles. The molecule has 8 heavy (non-hydrogen) atoms. The Kier molecular flexibility index (Phi) is 1.58. The summed E-state index contributed by atoms with van der Waals surface area (Å²) in [6.07, 6.45) is 3.16. The number of aromatic nitrogens is 3. The molecule has 0 aliphatic heterocycles. The Balaban J connectivity index is 2.50. The van der Waals surface area contributed by atoms with E-state index in [0.717, 1.165) is 0 Å². The van der Waals surface area contributed by atoms with Gasteiger partial charge in [0.2, 0.25) is 0 Å². The van der Waals surface area contributed by atoms with Crippen molar-refractivity contribution in [2.24, 2.45) is 0 Å². The molecule has 1 rings (SSSR count). The van der Waals surface area contributed by atoms with Gasteiger partial charge in [0.25, 0.3) is 0 Å². The summed E-state index contributed by atoms with van der Waals surface area (Å²) in [6, 6.07) is 0. The van der Waals surface area contributed by atoms with E-state index in [4.69, 9.17) is 5.11 Å². The summed E-state index contributed by atoms with van der Waals surface area (Å²) in [7, 11) is 0. The van der Waals surface area contributed by atoms with Crippen LogP contribution in [0.3, 0.4) is 0 Å². The van der Waals surface area contributed by atoms with Gasteiger partial charge < -0.3 is 5.11 Å². The van der Waals surface area contributed by atoms with Crippen molar-refractivity contribution in [1.29, 1.82) is 0 Å². The SMILES string of the molecule is OCCn1nccn1. The Bertz CT molecular complexity index is 137. The van der Waals surface area contributed by atoms with Crippen LogP contribution >= 0.6 is 0 Å². The predicted octanol–water partition coefficient (Wildman–Crippen LogP) is -0.730. The first-order chi connectivity index (χ1) is 3.93. The minimum Gasteiger partial charge on any atom is -0.394 e. The van der Waals surface area contributed by atoms with Gasteiger partial charge in [-0.2, -0.15) is 15.0 Å². The lowest BCUT2D eigenvalue weighted by Gasteiger charge is -1.90. The van der Waals surface area contributed by atoms with E-state index in [1.54, 1.807) is 12.4 Å². The normalized spacial score (nSPS) is 9.62. The molecular formula is C4H7N3O. The van der Waals surface area contributed by atoms with Gasteiger partial charge in [0.1, 0.15) is 0 Å². The molecule has 0 aliphatic rings. The molecule has 4 nitrogen and oxygen atoms in total. The van der Waals surface area contributed by atoms with Crippen LogP contribution in [0.1, 0.15) is 0 Å². The van der Waals surface area contributed by atoms with Crippen LogP contribution in [0.4, 0.5) is 0 Å². The Morgan fingerprint density at radius 2 is 2.00 bits per heavy atom. The Morgan fingerprint density at radius 1 is 1.38 bits per heavy atom. The summed E-state index contributed by atoms with van der Waals surface area (Å²) >= 11 is 0. The second-order valence-corrected chi connectivity index (χ2v) is 1.35. The fourth-order valence-electron chi connectivity index (χ4n) is 0.448. The van der Waals surface area contributed by atoms with E-state index in [9.17, 15) is 0 Å². The lowest BCUT2D eigenvalue weighted by atomic mass is 10.7. The van der Waals surface area contributed by atoms with Gasteiger partial charge in [-0.15, -0.1) is 0 Å². The molecule has 4 heteroatoms. The van der Waals surface area contributed by atoms with Gasteiger partial charge >= 0.3 is 0 Å². The minimum atomic E-state index is 0.0919. The number of aliphatic hydroxyl groups is 1. The van der Waals surface area contributed by atoms with E-state index < -0.39 is 0 Å². The molecule has 0 fully saturated rings. The zero-order valence-electron chi connectivity index (χ0n) is 4.36. The quantitative estimate of drug-likeness (QED) is 0.550. The number of aliphatic hydroxyl groups excluding tert-OH is 1. The van der Waals surface area contributed by atoms with E-state index >= 15 is 0 Å². The molecule has 0 spiro atoms. The van der Waals surface area contributed by atoms with Gasteiger partial charge in [0.05, 0.1) is 25.5 Å². The van der Waals surface area contributed by atoms with E-state index in [1.807, 2.05) is 0 Å². The van der Waals surface area contributed by atoms with Crippen LogP contribution in [0.2, 0.25) is 0 Å². The van der Waals surface area contributed by atoms with Crippen molar-refractivity contribution < 1.29 is 5.11 Å². The molecule has 0 radical (unpaired) electrons. The maximum atomic E-state index is 8.34. The van der Waals surface area contributed by atoms with Crippen LogP contribution in [0.15, 0.2) is 12.4 Å². The highest BCUT2D eigenvalue weighted by Gasteiger charge is 1.84. The lowest BCUT2D eigenvalue weighted by molar-refractivity contribution is 0.260. The van der Waals surface area contributed by atoms with Crippen LogP contribution in [-0.4, -0.2) is 26.7 Å². The highest BCUT2D eigenvalue weighted by Crippen LogP contribution is 1.74. The van der Waals surface area contributed by atoms with Crippen LogP contribution in [0.5, 0.6) is 0 Å². The number of rotatable bonds is 2. The van der Waals surface area contributed by atoms with E-state index in [-0.39, 0.29) is 6.61 Å². The summed E-state index contributed by atoms with van der Waals surface area (Å²) < 4.78 is 0. The highest BCUT2D eigenvalue weighted by atomic mass is 16.3. The van der Waals surface area contributed by atoms with Crippen molar-refractivity contribution >= 4 is 0 Å². The van der Waals surface area contributed by atoms with Gasteiger partial charge in [0.15, 0.2) is 0 Å². The first-order valence-electron chi connectivity index (χ1n) is 2.38. The zero-order valence-corrected chi connectivity index (χ0v) is 4.36. The number of nitrogens with zero attached hydrogens (tertiary/aromatic N) is 3. The summed E-state index contributed by atoms with van der Waals surface area (Å²) in [4.78, 5) is 1.43. The van der Waals surface area contributed by atoms with Gasteiger partial charge in [-0.25, -0.2) is 0 Å². The molecule has 0 amide bonds. The van der Waals surface area contributed by atoms with Crippen molar-refractivity contribution in [3.05, 3.63) is 12.4 Å². The summed E-state index contributed by atoms with van der Waals surface area (Å²) in [5.74, 6) is 0. The third-order valence-corrected chi connectivity index (χ3v) is 0.767. The Hall–Kier alpha value is -0.900. The van der Waals surface area contributed by atoms with Crippen LogP contribution in [0, 0.1) is 0 Å². The van der Waals surface area contributed by atoms with Crippen LogP contribution < -0.4 is 0 Å². The fourth-order valence-corrected chi connectivity index (χ4v) is 0.448. The standard InChI is InChI=1S/C4H7N3O/c8-4-3-7-5-1-2-6-7/h1-2,8H,3-4H2. The average Bonchev–Trinajstić information content (AvgIpc) is 2.19. The molecular weight excluding hydrogens is 106 g/mol. The number of hydrogen-bond acceptors (Lipinski definition) is 3. The molecule has 0 atom stereocenters. The molecule has 0 bridgehead atoms. The molecule has 0 aromatic carbocycles. The fraction of sp³-hybridized carbons (Fsp3) is 0.500. The van der Waals surface area contributed by atoms with Crippen molar-refractivity contribution in [3.8, 4) is 0 Å². The average molecular weight is 113 g/mol. The number of hydrogen-bond donors (Lipinski definition) is 1. The van der Waals surface area contributed by atoms with Gasteiger partial charge in [-0.1, -0.05) is 0 Å². The maximum Gasteiger partial charge on any atom is 0.0838 e. The lowest BCUT2D eigenvalue weighted by Crippen LogP contribution is -2.04. The smallest absolute Gasteiger partial charge is 0.0838 e. The zero-order chi connectivity index (χ0) is 5.82. The summed E-state index contributed by atoms with van der Waals surface area (Å²) in [5, 5.41) is 15.8. The Morgan fingerprint density at radius 3 is 2.50 bits per heavy atom. The van der Waals surface area contributed by atoms with Gasteiger partial charge in [-0.3, -0.25) is 0 Å². The second kappa shape index (κ2) is 2.42. The monoisotopic (exact) mass is 113 g/mol. The third kappa shape index (κ3) is 1.04. The second-order valence-electron chi connectivity index (χ2n) is 1.35. The molecule has 1 aromatic rings. The van der Waals surface area contributed by atoms with Crippen molar-refractivity contribution in [2.75, 3.05) is 6.61 Å². The van der Waals surface area contributed by atoms with Crippen molar-refractivity contribution in [1.82, 2.24) is 15.0 Å². The van der Waals surface area contributed by atoms with Crippen molar-refractivity contribution in [2.45, 2.75) is 6.54 Å². The molecule has 0 aliphatic carbocycles. The largest absolute Gasteiger partial charge is 0.394 e. The van der Waals surface area contributed by atoms with E-state index in [0.29, 0.717) is 6.54 Å². The summed E-state index contributed by atoms with van der Waals surface area (Å²) in [6.45, 7) is 0.571. The first-order valence-corrected chi connectivity index (χ1v) is 2.38. The third-order valence-electron chi connectivity index (χ3n) is 0.767. The molecule has 1 N–H and O–H groups in total. The molecule has 0 saturated heterocycles. The minimum absolute atomic E-state index is 0.0919.